The van der Waals surface area contributed by atoms with Gasteiger partial charge in [0.15, 0.2) is 0 Å². The average Bonchev–Trinajstić information content (AvgIpc) is 2.83. The molecule has 1 aliphatic heterocycles. The Morgan fingerprint density at radius 2 is 1.83 bits per heavy atom. The monoisotopic (exact) mass is 312 g/mol. The third kappa shape index (κ3) is 2.82. The van der Waals surface area contributed by atoms with Gasteiger partial charge in [-0.25, -0.2) is 4.79 Å². The summed E-state index contributed by atoms with van der Waals surface area (Å²) in [6.45, 7) is 0. The SMILES string of the molecule is O=C(Nc1ccccc1[N+](=O)[O-])NC1C(=O)Nc2ccccc21. The fourth-order valence-electron chi connectivity index (χ4n) is 2.38. The highest BCUT2D eigenvalue weighted by Crippen LogP contribution is 2.30. The van der Waals surface area contributed by atoms with Gasteiger partial charge in [0.25, 0.3) is 11.6 Å². The number of amides is 3. The molecule has 0 fully saturated rings. The summed E-state index contributed by atoms with van der Waals surface area (Å²) in [5, 5.41) is 18.5. The molecule has 8 heteroatoms. The van der Waals surface area contributed by atoms with Crippen LogP contribution in [0, 0.1) is 10.1 Å². The Morgan fingerprint density at radius 1 is 1.13 bits per heavy atom. The van der Waals surface area contributed by atoms with Gasteiger partial charge in [-0.05, 0) is 12.1 Å². The molecule has 0 aliphatic carbocycles. The molecule has 0 spiro atoms. The molecule has 1 unspecified atom stereocenters. The van der Waals surface area contributed by atoms with Gasteiger partial charge in [0, 0.05) is 17.3 Å². The maximum absolute atomic E-state index is 12.1. The van der Waals surface area contributed by atoms with Crippen molar-refractivity contribution in [2.24, 2.45) is 0 Å². The normalized spacial score (nSPS) is 15.5. The molecule has 23 heavy (non-hydrogen) atoms. The molecule has 1 heterocycles. The van der Waals surface area contributed by atoms with E-state index in [9.17, 15) is 19.7 Å². The van der Waals surface area contributed by atoms with Crippen molar-refractivity contribution >= 4 is 29.0 Å². The van der Waals surface area contributed by atoms with Crippen molar-refractivity contribution in [3.05, 3.63) is 64.2 Å². The Kier molecular flexibility index (Phi) is 3.63. The molecule has 8 nitrogen and oxygen atoms in total. The zero-order chi connectivity index (χ0) is 16.4. The third-order valence-corrected chi connectivity index (χ3v) is 3.42. The summed E-state index contributed by atoms with van der Waals surface area (Å²) in [4.78, 5) is 34.3. The number of rotatable bonds is 3. The second-order valence-electron chi connectivity index (χ2n) is 4.88. The predicted molar refractivity (Wildman–Crippen MR) is 83.1 cm³/mol. The van der Waals surface area contributed by atoms with Crippen molar-refractivity contribution in [2.45, 2.75) is 6.04 Å². The Morgan fingerprint density at radius 3 is 2.61 bits per heavy atom. The number of urea groups is 1. The number of nitro groups is 1. The number of carbonyl (C=O) groups excluding carboxylic acids is 2. The first-order valence-corrected chi connectivity index (χ1v) is 6.77. The smallest absolute Gasteiger partial charge is 0.320 e. The molecule has 3 amide bonds. The van der Waals surface area contributed by atoms with Gasteiger partial charge < -0.3 is 16.0 Å². The molecule has 0 bridgehead atoms. The zero-order valence-electron chi connectivity index (χ0n) is 11.8. The standard InChI is InChI=1S/C15H12N4O4/c20-14-13(9-5-1-2-6-10(9)16-14)18-15(21)17-11-7-3-4-8-12(11)19(22)23/h1-8,13H,(H,16,20)(H2,17,18,21). The van der Waals surface area contributed by atoms with E-state index in [2.05, 4.69) is 16.0 Å². The van der Waals surface area contributed by atoms with Crippen molar-refractivity contribution in [1.29, 1.82) is 0 Å². The van der Waals surface area contributed by atoms with Crippen LogP contribution in [0.25, 0.3) is 0 Å². The van der Waals surface area contributed by atoms with E-state index in [-0.39, 0.29) is 17.3 Å². The summed E-state index contributed by atoms with van der Waals surface area (Å²) in [5.74, 6) is -0.357. The first-order valence-electron chi connectivity index (χ1n) is 6.77. The highest BCUT2D eigenvalue weighted by Gasteiger charge is 2.31. The molecule has 0 radical (unpaired) electrons. The number of nitrogens with one attached hydrogen (secondary N) is 3. The van der Waals surface area contributed by atoms with Gasteiger partial charge in [0.2, 0.25) is 0 Å². The van der Waals surface area contributed by atoms with Gasteiger partial charge in [-0.3, -0.25) is 14.9 Å². The molecule has 3 rings (SSSR count). The topological polar surface area (TPSA) is 113 Å². The van der Waals surface area contributed by atoms with Crippen LogP contribution in [-0.2, 0) is 4.79 Å². The average molecular weight is 312 g/mol. The zero-order valence-corrected chi connectivity index (χ0v) is 11.8. The number of nitrogens with zero attached hydrogens (tertiary/aromatic N) is 1. The van der Waals surface area contributed by atoms with Gasteiger partial charge in [-0.15, -0.1) is 0 Å². The first kappa shape index (κ1) is 14.5. The molecule has 2 aromatic rings. The molecule has 2 aromatic carbocycles. The lowest BCUT2D eigenvalue weighted by atomic mass is 10.1. The van der Waals surface area contributed by atoms with Crippen molar-refractivity contribution < 1.29 is 14.5 Å². The van der Waals surface area contributed by atoms with E-state index in [1.54, 1.807) is 30.3 Å². The van der Waals surface area contributed by atoms with Gasteiger partial charge in [-0.1, -0.05) is 30.3 Å². The van der Waals surface area contributed by atoms with E-state index >= 15 is 0 Å². The lowest BCUT2D eigenvalue weighted by Gasteiger charge is -2.12. The van der Waals surface area contributed by atoms with Crippen molar-refractivity contribution in [1.82, 2.24) is 5.32 Å². The van der Waals surface area contributed by atoms with Crippen molar-refractivity contribution in [3.8, 4) is 0 Å². The van der Waals surface area contributed by atoms with Crippen molar-refractivity contribution in [3.63, 3.8) is 0 Å². The molecule has 0 aromatic heterocycles. The van der Waals surface area contributed by atoms with E-state index in [4.69, 9.17) is 0 Å². The van der Waals surface area contributed by atoms with Crippen LogP contribution >= 0.6 is 0 Å². The van der Waals surface area contributed by atoms with Crippen LogP contribution in [0.1, 0.15) is 11.6 Å². The number of hydrogen-bond acceptors (Lipinski definition) is 4. The van der Waals surface area contributed by atoms with Crippen LogP contribution in [0.2, 0.25) is 0 Å². The van der Waals surface area contributed by atoms with Crippen molar-refractivity contribution in [2.75, 3.05) is 10.6 Å². The minimum absolute atomic E-state index is 0.0571. The molecule has 3 N–H and O–H groups in total. The van der Waals surface area contributed by atoms with Crippen LogP contribution in [0.3, 0.4) is 0 Å². The van der Waals surface area contributed by atoms with Crippen LogP contribution in [0.5, 0.6) is 0 Å². The summed E-state index contributed by atoms with van der Waals surface area (Å²) in [6, 6.07) is 11.2. The molecule has 1 aliphatic rings. The fraction of sp³-hybridized carbons (Fsp3) is 0.0667. The van der Waals surface area contributed by atoms with Crippen LogP contribution in [0.15, 0.2) is 48.5 Å². The quantitative estimate of drug-likeness (QED) is 0.596. The molecule has 1 atom stereocenters. The number of nitro benzene ring substituents is 1. The summed E-state index contributed by atoms with van der Waals surface area (Å²) in [5.41, 5.74) is 1.12. The Bertz CT molecular complexity index is 806. The molecule has 0 saturated carbocycles. The lowest BCUT2D eigenvalue weighted by Crippen LogP contribution is -2.36. The highest BCUT2D eigenvalue weighted by atomic mass is 16.6. The number of benzene rings is 2. The van der Waals surface area contributed by atoms with Crippen LogP contribution in [0.4, 0.5) is 21.9 Å². The van der Waals surface area contributed by atoms with Crippen LogP contribution in [-0.4, -0.2) is 16.9 Å². The van der Waals surface area contributed by atoms with Gasteiger partial charge in [-0.2, -0.15) is 0 Å². The van der Waals surface area contributed by atoms with E-state index in [1.165, 1.54) is 18.2 Å². The Labute approximate surface area is 130 Å². The van der Waals surface area contributed by atoms with Gasteiger partial charge in [0.05, 0.1) is 4.92 Å². The summed E-state index contributed by atoms with van der Waals surface area (Å²) >= 11 is 0. The number of para-hydroxylation sites is 3. The summed E-state index contributed by atoms with van der Waals surface area (Å²) < 4.78 is 0. The highest BCUT2D eigenvalue weighted by molar-refractivity contribution is 6.05. The maximum Gasteiger partial charge on any atom is 0.320 e. The van der Waals surface area contributed by atoms with E-state index < -0.39 is 17.0 Å². The lowest BCUT2D eigenvalue weighted by molar-refractivity contribution is -0.383. The number of carbonyl (C=O) groups is 2. The van der Waals surface area contributed by atoms with E-state index in [0.29, 0.717) is 11.3 Å². The Balaban J connectivity index is 1.76. The van der Waals surface area contributed by atoms with E-state index in [1.807, 2.05) is 0 Å². The predicted octanol–water partition coefficient (Wildman–Crippen LogP) is 2.41. The van der Waals surface area contributed by atoms with E-state index in [0.717, 1.165) is 0 Å². The number of anilines is 2. The number of fused-ring (bicyclic) bond motifs is 1. The third-order valence-electron chi connectivity index (χ3n) is 3.42. The van der Waals surface area contributed by atoms with Crippen LogP contribution < -0.4 is 16.0 Å². The molecular weight excluding hydrogens is 300 g/mol. The first-order chi connectivity index (χ1) is 11.1. The largest absolute Gasteiger partial charge is 0.324 e. The second-order valence-corrected chi connectivity index (χ2v) is 4.88. The molecular formula is C15H12N4O4. The minimum atomic E-state index is -0.839. The Hall–Kier alpha value is -3.42. The second kappa shape index (κ2) is 5.76. The fourth-order valence-corrected chi connectivity index (χ4v) is 2.38. The maximum atomic E-state index is 12.1. The molecule has 0 saturated heterocycles. The van der Waals surface area contributed by atoms with Gasteiger partial charge >= 0.3 is 6.03 Å². The summed E-state index contributed by atoms with van der Waals surface area (Å²) in [6.07, 6.45) is 0. The minimum Gasteiger partial charge on any atom is -0.324 e. The summed E-state index contributed by atoms with van der Waals surface area (Å²) in [7, 11) is 0. The van der Waals surface area contributed by atoms with Gasteiger partial charge in [0.1, 0.15) is 11.7 Å². The number of hydrogen-bond donors (Lipinski definition) is 3. The molecule has 116 valence electrons.